The van der Waals surface area contributed by atoms with Gasteiger partial charge in [0.05, 0.1) is 18.1 Å². The molecule has 0 saturated carbocycles. The summed E-state index contributed by atoms with van der Waals surface area (Å²) in [6, 6.07) is 3.12. The van der Waals surface area contributed by atoms with Crippen LogP contribution in [-0.4, -0.2) is 32.7 Å². The fraction of sp³-hybridized carbons (Fsp3) is 0.294. The number of nitrogens with two attached hydrogens (primary N) is 1. The summed E-state index contributed by atoms with van der Waals surface area (Å²) in [4.78, 5) is 24.6. The summed E-state index contributed by atoms with van der Waals surface area (Å²) in [5.74, 6) is 1.32. The predicted molar refractivity (Wildman–Crippen MR) is 90.9 cm³/mol. The first-order valence-electron chi connectivity index (χ1n) is 7.80. The van der Waals surface area contributed by atoms with Gasteiger partial charge in [-0.05, 0) is 12.5 Å². The lowest BCUT2D eigenvalue weighted by atomic mass is 10.1. The van der Waals surface area contributed by atoms with Crippen molar-refractivity contribution in [1.29, 1.82) is 0 Å². The molecule has 2 aromatic heterocycles. The quantitative estimate of drug-likeness (QED) is 0.778. The van der Waals surface area contributed by atoms with E-state index in [0.717, 1.165) is 24.0 Å². The molecule has 3 rings (SSSR count). The smallest absolute Gasteiger partial charge is 0.324 e. The summed E-state index contributed by atoms with van der Waals surface area (Å²) in [6.07, 6.45) is 7.50. The van der Waals surface area contributed by atoms with Crippen molar-refractivity contribution in [3.8, 4) is 16.9 Å². The molecule has 3 aromatic rings. The van der Waals surface area contributed by atoms with Gasteiger partial charge in [-0.15, -0.1) is 0 Å². The van der Waals surface area contributed by atoms with E-state index >= 15 is 0 Å². The molecule has 7 heteroatoms. The van der Waals surface area contributed by atoms with Crippen molar-refractivity contribution >= 4 is 17.1 Å². The lowest BCUT2D eigenvalue weighted by Gasteiger charge is -2.09. The molecule has 24 heavy (non-hydrogen) atoms. The number of nitrogens with zero attached hydrogens (tertiary/aromatic N) is 4. The number of fused-ring (bicyclic) bond motifs is 1. The number of imidazole rings is 1. The SMILES string of the molecule is CCCCc1nc2cc(OC)c(-c3cncnc3)cc2n1C(N)=O. The Kier molecular flexibility index (Phi) is 4.41. The number of primary amides is 1. The van der Waals surface area contributed by atoms with E-state index in [2.05, 4.69) is 21.9 Å². The van der Waals surface area contributed by atoms with E-state index in [4.69, 9.17) is 10.5 Å². The third-order valence-electron chi connectivity index (χ3n) is 3.89. The third kappa shape index (κ3) is 2.80. The number of carbonyl (C=O) groups excluding carboxylic acids is 1. The van der Waals surface area contributed by atoms with Crippen LogP contribution in [0.3, 0.4) is 0 Å². The Hall–Kier alpha value is -2.96. The highest BCUT2D eigenvalue weighted by Crippen LogP contribution is 2.33. The van der Waals surface area contributed by atoms with E-state index in [9.17, 15) is 4.79 Å². The van der Waals surface area contributed by atoms with Crippen LogP contribution < -0.4 is 10.5 Å². The van der Waals surface area contributed by atoms with Gasteiger partial charge in [0.1, 0.15) is 17.9 Å². The number of rotatable bonds is 5. The zero-order valence-corrected chi connectivity index (χ0v) is 13.7. The average Bonchev–Trinajstić information content (AvgIpc) is 2.96. The zero-order valence-electron chi connectivity index (χ0n) is 13.7. The standard InChI is InChI=1S/C17H19N5O2/c1-3-4-5-16-21-13-7-15(24-2)12(11-8-19-10-20-9-11)6-14(13)22(16)17(18)23/h6-10H,3-5H2,1-2H3,(H2,18,23). The lowest BCUT2D eigenvalue weighted by Crippen LogP contribution is -2.21. The van der Waals surface area contributed by atoms with Crippen molar-refractivity contribution in [2.45, 2.75) is 26.2 Å². The minimum absolute atomic E-state index is 0.538. The monoisotopic (exact) mass is 325 g/mol. The summed E-state index contributed by atoms with van der Waals surface area (Å²) in [5, 5.41) is 0. The molecule has 0 spiro atoms. The molecular weight excluding hydrogens is 306 g/mol. The number of methoxy groups -OCH3 is 1. The van der Waals surface area contributed by atoms with Crippen molar-refractivity contribution in [3.05, 3.63) is 36.7 Å². The molecular formula is C17H19N5O2. The third-order valence-corrected chi connectivity index (χ3v) is 3.89. The Bertz CT molecular complexity index is 874. The molecule has 1 amide bonds. The summed E-state index contributed by atoms with van der Waals surface area (Å²) < 4.78 is 6.95. The second kappa shape index (κ2) is 6.66. The molecule has 7 nitrogen and oxygen atoms in total. The van der Waals surface area contributed by atoms with Crippen molar-refractivity contribution < 1.29 is 9.53 Å². The van der Waals surface area contributed by atoms with Crippen LogP contribution in [0.2, 0.25) is 0 Å². The molecule has 0 fully saturated rings. The van der Waals surface area contributed by atoms with E-state index in [-0.39, 0.29) is 0 Å². The molecule has 1 aromatic carbocycles. The number of benzene rings is 1. The summed E-state index contributed by atoms with van der Waals surface area (Å²) in [5.41, 5.74) is 8.50. The molecule has 2 N–H and O–H groups in total. The van der Waals surface area contributed by atoms with Crippen molar-refractivity contribution in [1.82, 2.24) is 19.5 Å². The van der Waals surface area contributed by atoms with Gasteiger partial charge in [0.25, 0.3) is 0 Å². The fourth-order valence-electron chi connectivity index (χ4n) is 2.74. The Labute approximate surface area is 139 Å². The van der Waals surface area contributed by atoms with Crippen molar-refractivity contribution in [2.24, 2.45) is 5.73 Å². The highest BCUT2D eigenvalue weighted by Gasteiger charge is 2.18. The van der Waals surface area contributed by atoms with E-state index < -0.39 is 6.03 Å². The number of unbranched alkanes of at least 4 members (excludes halogenated alkanes) is 1. The maximum Gasteiger partial charge on any atom is 0.324 e. The maximum atomic E-state index is 12.0. The topological polar surface area (TPSA) is 95.9 Å². The van der Waals surface area contributed by atoms with Gasteiger partial charge in [-0.1, -0.05) is 13.3 Å². The summed E-state index contributed by atoms with van der Waals surface area (Å²) in [7, 11) is 1.59. The molecule has 0 radical (unpaired) electrons. The highest BCUT2D eigenvalue weighted by atomic mass is 16.5. The van der Waals surface area contributed by atoms with Gasteiger partial charge in [0, 0.05) is 36.0 Å². The molecule has 0 aliphatic rings. The van der Waals surface area contributed by atoms with Crippen LogP contribution in [0.5, 0.6) is 5.75 Å². The molecule has 124 valence electrons. The Morgan fingerprint density at radius 1 is 1.29 bits per heavy atom. The molecule has 0 aliphatic carbocycles. The van der Waals surface area contributed by atoms with Gasteiger partial charge in [0.15, 0.2) is 0 Å². The molecule has 0 bridgehead atoms. The van der Waals surface area contributed by atoms with E-state index in [1.807, 2.05) is 12.1 Å². The summed E-state index contributed by atoms with van der Waals surface area (Å²) in [6.45, 7) is 2.09. The molecule has 0 atom stereocenters. The predicted octanol–water partition coefficient (Wildman–Crippen LogP) is 2.77. The van der Waals surface area contributed by atoms with Gasteiger partial charge < -0.3 is 10.5 Å². The van der Waals surface area contributed by atoms with Gasteiger partial charge in [-0.25, -0.2) is 24.3 Å². The lowest BCUT2D eigenvalue weighted by molar-refractivity contribution is 0.250. The first-order chi connectivity index (χ1) is 11.7. The van der Waals surface area contributed by atoms with Crippen LogP contribution in [0.15, 0.2) is 30.9 Å². The fourth-order valence-corrected chi connectivity index (χ4v) is 2.74. The number of aryl methyl sites for hydroxylation is 1. The normalized spacial score (nSPS) is 10.9. The molecule has 0 aliphatic heterocycles. The van der Waals surface area contributed by atoms with Crippen LogP contribution >= 0.6 is 0 Å². The second-order valence-corrected chi connectivity index (χ2v) is 5.47. The zero-order chi connectivity index (χ0) is 17.1. The number of hydrogen-bond donors (Lipinski definition) is 1. The van der Waals surface area contributed by atoms with Gasteiger partial charge in [-0.3, -0.25) is 0 Å². The number of carbonyl (C=O) groups is 1. The largest absolute Gasteiger partial charge is 0.496 e. The second-order valence-electron chi connectivity index (χ2n) is 5.47. The first kappa shape index (κ1) is 15.9. The summed E-state index contributed by atoms with van der Waals surface area (Å²) >= 11 is 0. The number of hydrogen-bond acceptors (Lipinski definition) is 5. The highest BCUT2D eigenvalue weighted by molar-refractivity contribution is 5.93. The Morgan fingerprint density at radius 3 is 2.67 bits per heavy atom. The number of ether oxygens (including phenoxy) is 1. The first-order valence-corrected chi connectivity index (χ1v) is 7.80. The van der Waals surface area contributed by atoms with Crippen molar-refractivity contribution in [3.63, 3.8) is 0 Å². The maximum absolute atomic E-state index is 12.0. The number of amides is 1. The van der Waals surface area contributed by atoms with E-state index in [0.29, 0.717) is 29.0 Å². The minimum atomic E-state index is -0.538. The van der Waals surface area contributed by atoms with Crippen LogP contribution in [-0.2, 0) is 6.42 Å². The average molecular weight is 325 g/mol. The van der Waals surface area contributed by atoms with Crippen LogP contribution in [0, 0.1) is 0 Å². The van der Waals surface area contributed by atoms with Gasteiger partial charge in [-0.2, -0.15) is 0 Å². The van der Waals surface area contributed by atoms with Crippen molar-refractivity contribution in [2.75, 3.05) is 7.11 Å². The molecule has 2 heterocycles. The van der Waals surface area contributed by atoms with Crippen LogP contribution in [0.1, 0.15) is 25.6 Å². The van der Waals surface area contributed by atoms with Gasteiger partial charge >= 0.3 is 6.03 Å². The van der Waals surface area contributed by atoms with E-state index in [1.54, 1.807) is 19.5 Å². The Morgan fingerprint density at radius 2 is 2.04 bits per heavy atom. The minimum Gasteiger partial charge on any atom is -0.496 e. The molecule has 0 unspecified atom stereocenters. The number of aromatic nitrogens is 4. The van der Waals surface area contributed by atoms with Gasteiger partial charge in [0.2, 0.25) is 0 Å². The van der Waals surface area contributed by atoms with Crippen LogP contribution in [0.25, 0.3) is 22.2 Å². The molecule has 0 saturated heterocycles. The Balaban J connectivity index is 2.24. The van der Waals surface area contributed by atoms with Crippen LogP contribution in [0.4, 0.5) is 4.79 Å². The van der Waals surface area contributed by atoms with E-state index in [1.165, 1.54) is 10.9 Å².